The Balaban J connectivity index is 1.25. The lowest BCUT2D eigenvalue weighted by Crippen LogP contribution is -2.51. The van der Waals surface area contributed by atoms with Crippen LogP contribution in [0.1, 0.15) is 10.5 Å². The zero-order valence-electron chi connectivity index (χ0n) is 15.9. The van der Waals surface area contributed by atoms with Crippen LogP contribution < -0.4 is 4.74 Å². The Labute approximate surface area is 167 Å². The lowest BCUT2D eigenvalue weighted by molar-refractivity contribution is 0.0402. The Bertz CT molecular complexity index is 967. The molecule has 2 heterocycles. The molecule has 0 saturated carbocycles. The highest BCUT2D eigenvalue weighted by atomic mass is 19.1. The Morgan fingerprint density at radius 3 is 2.62 bits per heavy atom. The maximum atomic E-state index is 12.9. The first-order valence-corrected chi connectivity index (χ1v) is 9.61. The van der Waals surface area contributed by atoms with Gasteiger partial charge in [-0.3, -0.25) is 14.8 Å². The molecule has 1 aliphatic heterocycles. The number of benzene rings is 2. The smallest absolute Gasteiger partial charge is 0.275 e. The Kier molecular flexibility index (Phi) is 5.73. The first-order chi connectivity index (χ1) is 14.1. The highest BCUT2D eigenvalue weighted by Gasteiger charge is 2.26. The second-order valence-corrected chi connectivity index (χ2v) is 7.13. The molecule has 152 valence electrons. The molecule has 2 aromatic carbocycles. The number of piperazine rings is 1. The molecule has 1 amide bonds. The van der Waals surface area contributed by atoms with Crippen LogP contribution in [-0.4, -0.2) is 76.4 Å². The summed E-state index contributed by atoms with van der Waals surface area (Å²) in [5.74, 6) is 0.113. The number of fused-ring (bicyclic) bond motifs is 1. The van der Waals surface area contributed by atoms with Crippen LogP contribution >= 0.6 is 0 Å². The van der Waals surface area contributed by atoms with Crippen LogP contribution in [0.15, 0.2) is 48.5 Å². The third kappa shape index (κ3) is 4.55. The van der Waals surface area contributed by atoms with Gasteiger partial charge in [-0.15, -0.1) is 0 Å². The summed E-state index contributed by atoms with van der Waals surface area (Å²) in [6.07, 6.45) is -0.669. The number of hydrogen-bond donors (Lipinski definition) is 2. The van der Waals surface area contributed by atoms with Crippen LogP contribution in [0.25, 0.3) is 10.9 Å². The standard InChI is InChI=1S/C21H23FN4O3/c22-15-5-7-17(8-6-15)29-14-16(27)13-25-9-11-26(12-10-25)21(28)20-18-3-1-2-4-19(18)23-24-20/h1-8,16,27H,9-14H2,(H,23,24). The summed E-state index contributed by atoms with van der Waals surface area (Å²) in [4.78, 5) is 16.7. The number of H-pyrrole nitrogens is 1. The molecule has 1 aromatic heterocycles. The van der Waals surface area contributed by atoms with Crippen LogP contribution in [0.3, 0.4) is 0 Å². The van der Waals surface area contributed by atoms with E-state index in [4.69, 9.17) is 4.74 Å². The summed E-state index contributed by atoms with van der Waals surface area (Å²) < 4.78 is 18.4. The van der Waals surface area contributed by atoms with E-state index in [1.165, 1.54) is 24.3 Å². The number of nitrogens with zero attached hydrogens (tertiary/aromatic N) is 3. The highest BCUT2D eigenvalue weighted by Crippen LogP contribution is 2.18. The second-order valence-electron chi connectivity index (χ2n) is 7.13. The highest BCUT2D eigenvalue weighted by molar-refractivity contribution is 6.04. The molecule has 3 aromatic rings. The lowest BCUT2D eigenvalue weighted by Gasteiger charge is -2.35. The van der Waals surface area contributed by atoms with E-state index >= 15 is 0 Å². The summed E-state index contributed by atoms with van der Waals surface area (Å²) >= 11 is 0. The number of para-hydroxylation sites is 1. The first kappa shape index (κ1) is 19.4. The van der Waals surface area contributed by atoms with E-state index < -0.39 is 6.10 Å². The van der Waals surface area contributed by atoms with Crippen molar-refractivity contribution in [3.63, 3.8) is 0 Å². The molecule has 2 N–H and O–H groups in total. The van der Waals surface area contributed by atoms with Gasteiger partial charge in [0.25, 0.3) is 5.91 Å². The van der Waals surface area contributed by atoms with Crippen molar-refractivity contribution in [2.75, 3.05) is 39.3 Å². The Hall–Kier alpha value is -2.97. The van der Waals surface area contributed by atoms with Crippen LogP contribution in [-0.2, 0) is 0 Å². The quantitative estimate of drug-likeness (QED) is 0.663. The maximum Gasteiger partial charge on any atom is 0.275 e. The molecule has 29 heavy (non-hydrogen) atoms. The summed E-state index contributed by atoms with van der Waals surface area (Å²) in [5, 5.41) is 18.1. The van der Waals surface area contributed by atoms with E-state index in [0.717, 1.165) is 10.9 Å². The van der Waals surface area contributed by atoms with Crippen molar-refractivity contribution in [3.8, 4) is 5.75 Å². The fourth-order valence-electron chi connectivity index (χ4n) is 3.48. The van der Waals surface area contributed by atoms with Gasteiger partial charge >= 0.3 is 0 Å². The van der Waals surface area contributed by atoms with E-state index in [9.17, 15) is 14.3 Å². The average molecular weight is 398 g/mol. The molecule has 7 nitrogen and oxygen atoms in total. The van der Waals surface area contributed by atoms with E-state index in [-0.39, 0.29) is 18.3 Å². The minimum Gasteiger partial charge on any atom is -0.491 e. The van der Waals surface area contributed by atoms with Crippen molar-refractivity contribution < 1.29 is 19.0 Å². The van der Waals surface area contributed by atoms with Gasteiger partial charge in [0.05, 0.1) is 5.52 Å². The number of aliphatic hydroxyl groups excluding tert-OH is 1. The van der Waals surface area contributed by atoms with Crippen LogP contribution in [0.5, 0.6) is 5.75 Å². The van der Waals surface area contributed by atoms with Crippen molar-refractivity contribution in [2.45, 2.75) is 6.10 Å². The molecule has 1 fully saturated rings. The third-order valence-corrected chi connectivity index (χ3v) is 5.06. The van der Waals surface area contributed by atoms with Crippen LogP contribution in [0, 0.1) is 5.82 Å². The summed E-state index contributed by atoms with van der Waals surface area (Å²) in [7, 11) is 0. The number of amides is 1. The monoisotopic (exact) mass is 398 g/mol. The van der Waals surface area contributed by atoms with E-state index in [1.807, 2.05) is 24.3 Å². The number of hydrogen-bond acceptors (Lipinski definition) is 5. The average Bonchev–Trinajstić information content (AvgIpc) is 3.17. The van der Waals surface area contributed by atoms with Gasteiger partial charge in [-0.1, -0.05) is 18.2 Å². The second kappa shape index (κ2) is 8.59. The number of carbonyl (C=O) groups is 1. The number of carbonyl (C=O) groups excluding carboxylic acids is 1. The molecule has 0 bridgehead atoms. The summed E-state index contributed by atoms with van der Waals surface area (Å²) in [5.41, 5.74) is 1.29. The Morgan fingerprint density at radius 2 is 1.86 bits per heavy atom. The summed E-state index contributed by atoms with van der Waals surface area (Å²) in [6, 6.07) is 13.3. The topological polar surface area (TPSA) is 81.7 Å². The maximum absolute atomic E-state index is 12.9. The molecule has 0 spiro atoms. The minimum atomic E-state index is -0.669. The van der Waals surface area contributed by atoms with Crippen LogP contribution in [0.4, 0.5) is 4.39 Å². The number of halogens is 1. The normalized spacial score (nSPS) is 16.1. The van der Waals surface area contributed by atoms with E-state index in [0.29, 0.717) is 44.2 Å². The van der Waals surface area contributed by atoms with Crippen molar-refractivity contribution in [1.29, 1.82) is 0 Å². The molecular formula is C21H23FN4O3. The third-order valence-electron chi connectivity index (χ3n) is 5.06. The molecule has 1 atom stereocenters. The zero-order valence-corrected chi connectivity index (χ0v) is 15.9. The molecule has 1 unspecified atom stereocenters. The fourth-order valence-corrected chi connectivity index (χ4v) is 3.48. The number of nitrogens with one attached hydrogen (secondary N) is 1. The van der Waals surface area contributed by atoms with Crippen molar-refractivity contribution in [3.05, 3.63) is 60.0 Å². The summed E-state index contributed by atoms with van der Waals surface area (Å²) in [6.45, 7) is 3.07. The number of aliphatic hydroxyl groups is 1. The first-order valence-electron chi connectivity index (χ1n) is 9.61. The largest absolute Gasteiger partial charge is 0.491 e. The molecule has 1 aliphatic rings. The van der Waals surface area contributed by atoms with Gasteiger partial charge < -0.3 is 14.7 Å². The number of aromatic amines is 1. The predicted octanol–water partition coefficient (Wildman–Crippen LogP) is 1.90. The SMILES string of the molecule is O=C(c1n[nH]c2ccccc12)N1CCN(CC(O)COc2ccc(F)cc2)CC1. The van der Waals surface area contributed by atoms with Gasteiger partial charge in [0, 0.05) is 38.1 Å². The van der Waals surface area contributed by atoms with Gasteiger partial charge in [0.2, 0.25) is 0 Å². The van der Waals surface area contributed by atoms with Crippen LogP contribution in [0.2, 0.25) is 0 Å². The fraction of sp³-hybridized carbons (Fsp3) is 0.333. The van der Waals surface area contributed by atoms with E-state index in [2.05, 4.69) is 15.1 Å². The number of β-amino-alcohol motifs (C(OH)–C–C–N with tert-alkyl or cyclic N) is 1. The van der Waals surface area contributed by atoms with Gasteiger partial charge in [0.1, 0.15) is 24.3 Å². The van der Waals surface area contributed by atoms with Crippen molar-refractivity contribution in [2.24, 2.45) is 0 Å². The van der Waals surface area contributed by atoms with Crippen molar-refractivity contribution in [1.82, 2.24) is 20.0 Å². The molecule has 0 aliphatic carbocycles. The Morgan fingerprint density at radius 1 is 1.14 bits per heavy atom. The zero-order chi connectivity index (χ0) is 20.2. The molecule has 8 heteroatoms. The van der Waals surface area contributed by atoms with E-state index in [1.54, 1.807) is 4.90 Å². The van der Waals surface area contributed by atoms with Gasteiger partial charge in [-0.25, -0.2) is 4.39 Å². The molecule has 1 saturated heterocycles. The molecule has 4 rings (SSSR count). The molecule has 0 radical (unpaired) electrons. The van der Waals surface area contributed by atoms with Gasteiger partial charge in [0.15, 0.2) is 5.69 Å². The lowest BCUT2D eigenvalue weighted by atomic mass is 10.2. The minimum absolute atomic E-state index is 0.0812. The van der Waals surface area contributed by atoms with Crippen molar-refractivity contribution >= 4 is 16.8 Å². The predicted molar refractivity (Wildman–Crippen MR) is 106 cm³/mol. The number of rotatable bonds is 6. The number of aromatic nitrogens is 2. The van der Waals surface area contributed by atoms with Gasteiger partial charge in [-0.05, 0) is 30.3 Å². The molecular weight excluding hydrogens is 375 g/mol. The number of ether oxygens (including phenoxy) is 1. The van der Waals surface area contributed by atoms with Gasteiger partial charge in [-0.2, -0.15) is 5.10 Å².